The Bertz CT molecular complexity index is 240. The van der Waals surface area contributed by atoms with Crippen molar-refractivity contribution in [2.45, 2.75) is 24.5 Å². The molecule has 86 valence electrons. The molecule has 7 nitrogen and oxygen atoms in total. The standard InChI is InChI=1S/C8H15N3O4/c1-12-5-4-15-7(6(5)10-11-9)8(13-2)14-3/h5-8H,4H2,1-3H3/t5-,6-,7-/m1/s1. The molecule has 0 amide bonds. The van der Waals surface area contributed by atoms with Gasteiger partial charge in [-0.05, 0) is 5.53 Å². The molecule has 0 aromatic heterocycles. The summed E-state index contributed by atoms with van der Waals surface area (Å²) in [7, 11) is 4.56. The lowest BCUT2D eigenvalue weighted by molar-refractivity contribution is -0.170. The molecule has 3 atom stereocenters. The van der Waals surface area contributed by atoms with Crippen molar-refractivity contribution < 1.29 is 18.9 Å². The smallest absolute Gasteiger partial charge is 0.183 e. The molecule has 0 N–H and O–H groups in total. The second-order valence-electron chi connectivity index (χ2n) is 3.11. The highest BCUT2D eigenvalue weighted by Crippen LogP contribution is 2.24. The van der Waals surface area contributed by atoms with Gasteiger partial charge >= 0.3 is 0 Å². The molecule has 0 spiro atoms. The Kier molecular flexibility index (Phi) is 4.80. The first-order chi connectivity index (χ1) is 7.28. The Morgan fingerprint density at radius 3 is 2.53 bits per heavy atom. The lowest BCUT2D eigenvalue weighted by atomic mass is 10.1. The fraction of sp³-hybridized carbons (Fsp3) is 1.00. The monoisotopic (exact) mass is 217 g/mol. The number of nitrogens with zero attached hydrogens (tertiary/aromatic N) is 3. The summed E-state index contributed by atoms with van der Waals surface area (Å²) in [5.74, 6) is 0. The minimum absolute atomic E-state index is 0.251. The van der Waals surface area contributed by atoms with Crippen LogP contribution >= 0.6 is 0 Å². The van der Waals surface area contributed by atoms with Gasteiger partial charge in [-0.1, -0.05) is 5.11 Å². The average Bonchev–Trinajstić information content (AvgIpc) is 2.64. The van der Waals surface area contributed by atoms with Gasteiger partial charge < -0.3 is 18.9 Å². The largest absolute Gasteiger partial charge is 0.379 e. The van der Waals surface area contributed by atoms with Crippen LogP contribution in [0.4, 0.5) is 0 Å². The van der Waals surface area contributed by atoms with E-state index in [0.717, 1.165) is 0 Å². The molecule has 1 aliphatic rings. The van der Waals surface area contributed by atoms with Crippen LogP contribution < -0.4 is 0 Å². The second-order valence-corrected chi connectivity index (χ2v) is 3.11. The third kappa shape index (κ3) is 2.58. The molecule has 0 aliphatic carbocycles. The van der Waals surface area contributed by atoms with Gasteiger partial charge in [0.25, 0.3) is 0 Å². The lowest BCUT2D eigenvalue weighted by Gasteiger charge is -2.23. The van der Waals surface area contributed by atoms with Crippen LogP contribution in [0.3, 0.4) is 0 Å². The van der Waals surface area contributed by atoms with E-state index in [-0.39, 0.29) is 6.10 Å². The van der Waals surface area contributed by atoms with Crippen LogP contribution in [-0.4, -0.2) is 52.5 Å². The zero-order valence-electron chi connectivity index (χ0n) is 8.99. The van der Waals surface area contributed by atoms with Crippen molar-refractivity contribution >= 4 is 0 Å². The zero-order chi connectivity index (χ0) is 11.3. The summed E-state index contributed by atoms with van der Waals surface area (Å²) in [6.45, 7) is 0.369. The van der Waals surface area contributed by atoms with Gasteiger partial charge in [0.05, 0.1) is 18.8 Å². The van der Waals surface area contributed by atoms with Crippen LogP contribution in [0.1, 0.15) is 0 Å². The average molecular weight is 217 g/mol. The number of rotatable bonds is 5. The molecule has 7 heteroatoms. The summed E-state index contributed by atoms with van der Waals surface area (Å²) in [5.41, 5.74) is 8.45. The Balaban J connectivity index is 2.75. The summed E-state index contributed by atoms with van der Waals surface area (Å²) >= 11 is 0. The van der Waals surface area contributed by atoms with Crippen molar-refractivity contribution in [2.24, 2.45) is 5.11 Å². The molecule has 1 rings (SSSR count). The molecule has 15 heavy (non-hydrogen) atoms. The van der Waals surface area contributed by atoms with E-state index < -0.39 is 18.4 Å². The third-order valence-corrected chi connectivity index (χ3v) is 2.39. The number of methoxy groups -OCH3 is 3. The highest BCUT2D eigenvalue weighted by Gasteiger charge is 2.42. The van der Waals surface area contributed by atoms with Crippen molar-refractivity contribution in [2.75, 3.05) is 27.9 Å². The highest BCUT2D eigenvalue weighted by molar-refractivity contribution is 4.92. The molecule has 0 aromatic rings. The van der Waals surface area contributed by atoms with Gasteiger partial charge in [-0.25, -0.2) is 0 Å². The minimum atomic E-state index is -0.555. The second kappa shape index (κ2) is 5.89. The number of ether oxygens (including phenoxy) is 4. The van der Waals surface area contributed by atoms with Crippen LogP contribution in [0.5, 0.6) is 0 Å². The Morgan fingerprint density at radius 2 is 2.07 bits per heavy atom. The summed E-state index contributed by atoms with van der Waals surface area (Å²) in [4.78, 5) is 2.77. The van der Waals surface area contributed by atoms with Crippen LogP contribution in [0, 0.1) is 0 Å². The SMILES string of the molecule is COC(OC)[C@@H]1OC[C@@H](OC)[C@H]1N=[N+]=[N-]. The van der Waals surface area contributed by atoms with E-state index in [1.807, 2.05) is 0 Å². The maximum absolute atomic E-state index is 8.45. The van der Waals surface area contributed by atoms with Gasteiger partial charge in [0.15, 0.2) is 6.29 Å². The van der Waals surface area contributed by atoms with Crippen LogP contribution in [0.15, 0.2) is 5.11 Å². The molecule has 1 fully saturated rings. The first-order valence-corrected chi connectivity index (χ1v) is 4.52. The fourth-order valence-corrected chi connectivity index (χ4v) is 1.63. The molecule has 0 saturated carbocycles. The van der Waals surface area contributed by atoms with Crippen molar-refractivity contribution in [3.8, 4) is 0 Å². The number of hydrogen-bond acceptors (Lipinski definition) is 5. The molecule has 0 aromatic carbocycles. The number of azide groups is 1. The Hall–Kier alpha value is -0.850. The van der Waals surface area contributed by atoms with E-state index in [1.54, 1.807) is 7.11 Å². The van der Waals surface area contributed by atoms with Gasteiger partial charge in [-0.15, -0.1) is 0 Å². The predicted molar refractivity (Wildman–Crippen MR) is 51.3 cm³/mol. The van der Waals surface area contributed by atoms with Crippen molar-refractivity contribution in [3.05, 3.63) is 10.4 Å². The molecular weight excluding hydrogens is 202 g/mol. The van der Waals surface area contributed by atoms with E-state index in [2.05, 4.69) is 10.0 Å². The molecule has 1 heterocycles. The van der Waals surface area contributed by atoms with Crippen LogP contribution in [-0.2, 0) is 18.9 Å². The fourth-order valence-electron chi connectivity index (χ4n) is 1.63. The maximum Gasteiger partial charge on any atom is 0.183 e. The summed E-state index contributed by atoms with van der Waals surface area (Å²) in [6, 6.07) is -0.426. The minimum Gasteiger partial charge on any atom is -0.379 e. The predicted octanol–water partition coefficient (Wildman–Crippen LogP) is 0.698. The molecule has 1 aliphatic heterocycles. The van der Waals surface area contributed by atoms with Crippen molar-refractivity contribution in [1.29, 1.82) is 0 Å². The maximum atomic E-state index is 8.45. The third-order valence-electron chi connectivity index (χ3n) is 2.39. The topological polar surface area (TPSA) is 85.7 Å². The molecular formula is C8H15N3O4. The molecule has 0 radical (unpaired) electrons. The van der Waals surface area contributed by atoms with E-state index >= 15 is 0 Å². The van der Waals surface area contributed by atoms with Gasteiger partial charge in [0.1, 0.15) is 6.10 Å². The zero-order valence-corrected chi connectivity index (χ0v) is 8.99. The van der Waals surface area contributed by atoms with Gasteiger partial charge in [-0.2, -0.15) is 0 Å². The van der Waals surface area contributed by atoms with E-state index in [1.165, 1.54) is 14.2 Å². The van der Waals surface area contributed by atoms with Crippen LogP contribution in [0.2, 0.25) is 0 Å². The summed E-state index contributed by atoms with van der Waals surface area (Å²) in [5, 5.41) is 3.64. The van der Waals surface area contributed by atoms with Gasteiger partial charge in [-0.3, -0.25) is 0 Å². The molecule has 0 unspecified atom stereocenters. The van der Waals surface area contributed by atoms with E-state index in [0.29, 0.717) is 6.61 Å². The van der Waals surface area contributed by atoms with Gasteiger partial charge in [0.2, 0.25) is 0 Å². The summed E-state index contributed by atoms with van der Waals surface area (Å²) in [6.07, 6.45) is -1.24. The molecule has 1 saturated heterocycles. The lowest BCUT2D eigenvalue weighted by Crippen LogP contribution is -2.39. The first-order valence-electron chi connectivity index (χ1n) is 4.52. The molecule has 0 bridgehead atoms. The normalized spacial score (nSPS) is 30.5. The van der Waals surface area contributed by atoms with E-state index in [4.69, 9.17) is 24.5 Å². The van der Waals surface area contributed by atoms with Crippen molar-refractivity contribution in [3.63, 3.8) is 0 Å². The highest BCUT2D eigenvalue weighted by atomic mass is 16.7. The van der Waals surface area contributed by atoms with Gasteiger partial charge in [0, 0.05) is 26.2 Å². The van der Waals surface area contributed by atoms with Crippen molar-refractivity contribution in [1.82, 2.24) is 0 Å². The Labute approximate surface area is 87.9 Å². The Morgan fingerprint density at radius 1 is 1.40 bits per heavy atom. The summed E-state index contributed by atoms with van der Waals surface area (Å²) < 4.78 is 20.7. The van der Waals surface area contributed by atoms with E-state index in [9.17, 15) is 0 Å². The first kappa shape index (κ1) is 12.2. The quantitative estimate of drug-likeness (QED) is 0.293. The van der Waals surface area contributed by atoms with Crippen LogP contribution in [0.25, 0.3) is 10.4 Å². The number of hydrogen-bond donors (Lipinski definition) is 0.